The Morgan fingerprint density at radius 1 is 0.700 bits per heavy atom. The van der Waals surface area contributed by atoms with Gasteiger partial charge < -0.3 is 27.8 Å². The minimum atomic E-state index is -1.75. The molecule has 0 aliphatic carbocycles. The van der Waals surface area contributed by atoms with E-state index in [-0.39, 0.29) is 41.7 Å². The van der Waals surface area contributed by atoms with Crippen molar-refractivity contribution >= 4 is 28.9 Å². The SMILES string of the molecule is O=[SiH][O-].O=[SiH][O-].O=[SiH][O-].[Ce+3]. The van der Waals surface area contributed by atoms with Crippen LogP contribution in [0.25, 0.3) is 0 Å². The minimum absolute atomic E-state index is 0. The van der Waals surface area contributed by atoms with E-state index in [9.17, 15) is 0 Å². The second-order valence-electron chi connectivity index (χ2n) is 0.289. The van der Waals surface area contributed by atoms with Gasteiger partial charge in [0, 0.05) is 0 Å². The molecule has 0 heterocycles. The summed E-state index contributed by atoms with van der Waals surface area (Å²) in [5.41, 5.74) is 0. The quantitative estimate of drug-likeness (QED) is 0.409. The summed E-state index contributed by atoms with van der Waals surface area (Å²) >= 11 is 0. The van der Waals surface area contributed by atoms with E-state index in [1.807, 2.05) is 0 Å². The first-order chi connectivity index (χ1) is 4.24. The molecular weight excluding hydrogens is 320 g/mol. The molecule has 10 heavy (non-hydrogen) atoms. The molecule has 1 radical (unpaired) electrons. The maximum absolute atomic E-state index is 8.46. The number of rotatable bonds is 0. The van der Waals surface area contributed by atoms with Gasteiger partial charge in [-0.2, -0.15) is 0 Å². The van der Waals surface area contributed by atoms with E-state index in [1.54, 1.807) is 0 Å². The molecular formula is H3CeO6Si3. The van der Waals surface area contributed by atoms with Crippen molar-refractivity contribution in [3.05, 3.63) is 0 Å². The van der Waals surface area contributed by atoms with Gasteiger partial charge in [-0.3, -0.25) is 0 Å². The van der Waals surface area contributed by atoms with Crippen LogP contribution in [0.5, 0.6) is 0 Å². The smallest absolute Gasteiger partial charge is 0.591 e. The van der Waals surface area contributed by atoms with E-state index in [0.29, 0.717) is 0 Å². The topological polar surface area (TPSA) is 120 Å². The van der Waals surface area contributed by atoms with Gasteiger partial charge in [0.25, 0.3) is 0 Å². The summed E-state index contributed by atoms with van der Waals surface area (Å²) in [6.45, 7) is 0. The molecule has 6 nitrogen and oxygen atoms in total. The number of hydrogen-bond acceptors (Lipinski definition) is 6. The van der Waals surface area contributed by atoms with Crippen LogP contribution in [0.2, 0.25) is 0 Å². The summed E-state index contributed by atoms with van der Waals surface area (Å²) in [7, 11) is -5.25. The third-order valence-corrected chi connectivity index (χ3v) is 0. The van der Waals surface area contributed by atoms with Crippen LogP contribution in [0.4, 0.5) is 0 Å². The molecule has 0 rings (SSSR count). The standard InChI is InChI=1S/Ce.3HO2Si/c;3*1-3-2/h;3*3H/q+3;3*-1. The van der Waals surface area contributed by atoms with Gasteiger partial charge >= 0.3 is 41.7 Å². The van der Waals surface area contributed by atoms with Crippen molar-refractivity contribution < 1.29 is 69.5 Å². The second-order valence-corrected chi connectivity index (χ2v) is 0.866. The van der Waals surface area contributed by atoms with Crippen molar-refractivity contribution in [2.75, 3.05) is 0 Å². The molecule has 0 aliphatic heterocycles. The van der Waals surface area contributed by atoms with Crippen molar-refractivity contribution in [1.29, 1.82) is 0 Å². The van der Waals surface area contributed by atoms with E-state index < -0.39 is 28.9 Å². The van der Waals surface area contributed by atoms with Crippen LogP contribution in [0.15, 0.2) is 0 Å². The van der Waals surface area contributed by atoms with Crippen LogP contribution >= 0.6 is 0 Å². The van der Waals surface area contributed by atoms with Crippen molar-refractivity contribution in [2.45, 2.75) is 0 Å². The van der Waals surface area contributed by atoms with Crippen LogP contribution in [0.1, 0.15) is 0 Å². The van der Waals surface area contributed by atoms with Gasteiger partial charge in [0.05, 0.1) is 0 Å². The monoisotopic (exact) mass is 323 g/mol. The fraction of sp³-hybridized carbons (Fsp3) is 0. The summed E-state index contributed by atoms with van der Waals surface area (Å²) in [6, 6.07) is 0. The molecule has 0 aromatic heterocycles. The largest absolute Gasteiger partial charge is 3.00 e. The Morgan fingerprint density at radius 3 is 0.700 bits per heavy atom. The third kappa shape index (κ3) is 790. The molecule has 0 fully saturated rings. The predicted molar refractivity (Wildman–Crippen MR) is 23.5 cm³/mol. The van der Waals surface area contributed by atoms with E-state index in [0.717, 1.165) is 0 Å². The van der Waals surface area contributed by atoms with Crippen LogP contribution < -0.4 is 14.4 Å². The fourth-order valence-electron chi connectivity index (χ4n) is 0. The molecule has 0 saturated carbocycles. The molecule has 0 aromatic carbocycles. The van der Waals surface area contributed by atoms with Crippen molar-refractivity contribution in [1.82, 2.24) is 0 Å². The van der Waals surface area contributed by atoms with E-state index in [4.69, 9.17) is 27.8 Å². The molecule has 0 unspecified atom stereocenters. The minimum Gasteiger partial charge on any atom is -0.591 e. The van der Waals surface area contributed by atoms with Gasteiger partial charge in [0.15, 0.2) is 0 Å². The fourth-order valence-corrected chi connectivity index (χ4v) is 0. The molecule has 0 amide bonds. The summed E-state index contributed by atoms with van der Waals surface area (Å²) in [4.78, 5) is 25.4. The van der Waals surface area contributed by atoms with Gasteiger partial charge in [-0.25, -0.2) is 0 Å². The molecule has 0 bridgehead atoms. The van der Waals surface area contributed by atoms with Crippen LogP contribution in [-0.4, -0.2) is 28.9 Å². The van der Waals surface area contributed by atoms with Gasteiger partial charge in [0.2, 0.25) is 0 Å². The molecule has 0 spiro atoms. The summed E-state index contributed by atoms with van der Waals surface area (Å²) in [5.74, 6) is 0. The summed E-state index contributed by atoms with van der Waals surface area (Å²) in [5, 5.41) is 0. The van der Waals surface area contributed by atoms with E-state index >= 15 is 0 Å². The molecule has 0 saturated heterocycles. The average Bonchev–Trinajstić information content (AvgIpc) is 1.70. The van der Waals surface area contributed by atoms with Crippen LogP contribution in [0, 0.1) is 41.7 Å². The van der Waals surface area contributed by atoms with Crippen LogP contribution in [0.3, 0.4) is 0 Å². The second kappa shape index (κ2) is 52.3. The average molecular weight is 323 g/mol. The predicted octanol–water partition coefficient (Wildman–Crippen LogP) is -5.87. The Bertz CT molecular complexity index is 49.7. The molecule has 0 aromatic rings. The van der Waals surface area contributed by atoms with Crippen molar-refractivity contribution in [3.8, 4) is 0 Å². The first kappa shape index (κ1) is 22.4. The zero-order valence-electron chi connectivity index (χ0n) is 4.68. The van der Waals surface area contributed by atoms with Gasteiger partial charge in [-0.1, -0.05) is 0 Å². The Balaban J connectivity index is -0.0000000257. The maximum Gasteiger partial charge on any atom is 3.00 e. The van der Waals surface area contributed by atoms with Crippen LogP contribution in [-0.2, 0) is 13.4 Å². The van der Waals surface area contributed by atoms with Gasteiger partial charge in [-0.05, 0) is 0 Å². The van der Waals surface area contributed by atoms with Crippen molar-refractivity contribution in [2.24, 2.45) is 0 Å². The molecule has 0 atom stereocenters. The first-order valence-corrected chi connectivity index (χ1v) is 4.24. The summed E-state index contributed by atoms with van der Waals surface area (Å²) < 4.78 is 25.4. The number of hydrogen-bond donors (Lipinski definition) is 0. The Labute approximate surface area is 97.4 Å². The summed E-state index contributed by atoms with van der Waals surface area (Å²) in [6.07, 6.45) is 0. The van der Waals surface area contributed by atoms with Gasteiger partial charge in [0.1, 0.15) is 28.9 Å². The van der Waals surface area contributed by atoms with E-state index in [2.05, 4.69) is 0 Å². The third-order valence-electron chi connectivity index (χ3n) is 0. The van der Waals surface area contributed by atoms with Crippen molar-refractivity contribution in [3.63, 3.8) is 0 Å². The van der Waals surface area contributed by atoms with E-state index in [1.165, 1.54) is 0 Å². The normalized spacial score (nSPS) is 3.60. The van der Waals surface area contributed by atoms with Gasteiger partial charge in [-0.15, -0.1) is 0 Å². The Morgan fingerprint density at radius 2 is 0.700 bits per heavy atom. The molecule has 0 N–H and O–H groups in total. The molecule has 0 aliphatic rings. The molecule has 55 valence electrons. The maximum atomic E-state index is 8.46. The zero-order chi connectivity index (χ0) is 8.12. The first-order valence-electron chi connectivity index (χ1n) is 1.41. The molecule has 10 heteroatoms. The Hall–Kier alpha value is 0.827. The zero-order valence-corrected chi connectivity index (χ0v) is 11.3. The Kier molecular flexibility index (Phi) is 117.